The minimum atomic E-state index is -0.973. The molecule has 4 aliphatic heterocycles. The van der Waals surface area contributed by atoms with Crippen LogP contribution in [0.1, 0.15) is 57.9 Å². The van der Waals surface area contributed by atoms with Crippen LogP contribution in [-0.2, 0) is 4.79 Å². The second-order valence-corrected chi connectivity index (χ2v) is 16.0. The van der Waals surface area contributed by atoms with Crippen molar-refractivity contribution in [2.45, 2.75) is 76.2 Å². The Morgan fingerprint density at radius 3 is 2.88 bits per heavy atom. The Kier molecular flexibility index (Phi) is 8.59. The third kappa shape index (κ3) is 5.68. The van der Waals surface area contributed by atoms with Crippen LogP contribution in [0.15, 0.2) is 12.1 Å². The number of nitriles is 1. The molecule has 0 radical (unpaired) electrons. The van der Waals surface area contributed by atoms with Crippen molar-refractivity contribution >= 4 is 60.7 Å². The van der Waals surface area contributed by atoms with E-state index in [1.807, 2.05) is 11.0 Å². The highest BCUT2D eigenvalue weighted by atomic mass is 35.5. The SMILES string of the molecule is CC(C)CC1CN2c3nc(OC[C@@]45CCCN4C[C@H](F)C5)nc4c(F)c(-c5ccc(F)c6sc(N)c(C#N)c56)c(Cl)c(c34)OCCC2CC(=O)N1. The number of alkyl halides is 1. The van der Waals surface area contributed by atoms with Crippen LogP contribution in [-0.4, -0.2) is 77.4 Å². The van der Waals surface area contributed by atoms with E-state index in [0.29, 0.717) is 38.2 Å². The van der Waals surface area contributed by atoms with Gasteiger partial charge in [0.2, 0.25) is 5.91 Å². The summed E-state index contributed by atoms with van der Waals surface area (Å²) in [7, 11) is 0. The molecule has 268 valence electrons. The molecular weight excluding hydrogens is 703 g/mol. The van der Waals surface area contributed by atoms with Gasteiger partial charge in [-0.2, -0.15) is 15.2 Å². The molecule has 0 spiro atoms. The summed E-state index contributed by atoms with van der Waals surface area (Å²) in [5, 5.41) is 13.5. The molecular formula is C36H37ClF3N7O3S. The number of halogens is 4. The van der Waals surface area contributed by atoms with E-state index in [9.17, 15) is 14.4 Å². The first kappa shape index (κ1) is 34.0. The van der Waals surface area contributed by atoms with E-state index in [2.05, 4.69) is 29.0 Å². The number of thiophene rings is 1. The molecule has 51 heavy (non-hydrogen) atoms. The standard InChI is InChI=1S/C36H37ClF3N7O3S/c1-17(2)10-19-15-47-20(11-24(48)43-19)6-9-49-31-27-30(44-35(45-34(27)47)50-16-36-7-3-8-46(36)14-18(38)12-36)29(40)26(28(31)37)21-4-5-23(39)32-25(21)22(13-41)33(42)51-32/h4-5,17-20H,3,6-12,14-16,42H2,1-2H3,(H,43,48)/t18-,19?,20?,36+/m1/s1. The lowest BCUT2D eigenvalue weighted by Crippen LogP contribution is -2.44. The molecule has 10 nitrogen and oxygen atoms in total. The summed E-state index contributed by atoms with van der Waals surface area (Å²) in [6.07, 6.45) is 2.33. The van der Waals surface area contributed by atoms with Crippen molar-refractivity contribution in [3.05, 3.63) is 34.4 Å². The van der Waals surface area contributed by atoms with E-state index in [0.717, 1.165) is 30.7 Å². The number of nitrogens with two attached hydrogens (primary N) is 1. The number of aromatic nitrogens is 2. The normalized spacial score (nSPS) is 24.9. The molecule has 4 aromatic rings. The first-order chi connectivity index (χ1) is 24.5. The molecule has 4 atom stereocenters. The first-order valence-corrected chi connectivity index (χ1v) is 18.5. The van der Waals surface area contributed by atoms with Gasteiger partial charge in [0, 0.05) is 55.4 Å². The van der Waals surface area contributed by atoms with Crippen LogP contribution >= 0.6 is 22.9 Å². The lowest BCUT2D eigenvalue weighted by molar-refractivity contribution is -0.121. The number of hydrogen-bond donors (Lipinski definition) is 2. The molecule has 4 aliphatic rings. The van der Waals surface area contributed by atoms with Gasteiger partial charge in [0.05, 0.1) is 32.8 Å². The highest BCUT2D eigenvalue weighted by molar-refractivity contribution is 7.23. The van der Waals surface area contributed by atoms with Crippen LogP contribution in [0.25, 0.3) is 32.1 Å². The Morgan fingerprint density at radius 2 is 2.10 bits per heavy atom. The van der Waals surface area contributed by atoms with E-state index in [-0.39, 0.29) is 103 Å². The molecule has 3 fully saturated rings. The second kappa shape index (κ2) is 12.9. The van der Waals surface area contributed by atoms with Gasteiger partial charge in [-0.3, -0.25) is 9.69 Å². The van der Waals surface area contributed by atoms with E-state index in [4.69, 9.17) is 31.8 Å². The zero-order valence-electron chi connectivity index (χ0n) is 28.2. The predicted octanol–water partition coefficient (Wildman–Crippen LogP) is 6.74. The predicted molar refractivity (Wildman–Crippen MR) is 190 cm³/mol. The zero-order valence-corrected chi connectivity index (χ0v) is 29.8. The van der Waals surface area contributed by atoms with Crippen LogP contribution in [0.2, 0.25) is 5.02 Å². The van der Waals surface area contributed by atoms with Crippen LogP contribution in [0.4, 0.5) is 24.0 Å². The number of amides is 1. The average Bonchev–Trinajstić information content (AvgIpc) is 3.69. The van der Waals surface area contributed by atoms with Gasteiger partial charge in [0.1, 0.15) is 41.0 Å². The number of hydrogen-bond acceptors (Lipinski definition) is 10. The summed E-state index contributed by atoms with van der Waals surface area (Å²) in [6.45, 7) is 5.92. The van der Waals surface area contributed by atoms with Gasteiger partial charge in [-0.1, -0.05) is 31.5 Å². The monoisotopic (exact) mass is 739 g/mol. The fourth-order valence-corrected chi connectivity index (χ4v) is 9.88. The van der Waals surface area contributed by atoms with Crippen molar-refractivity contribution in [3.8, 4) is 29.0 Å². The van der Waals surface area contributed by atoms with E-state index in [1.54, 1.807) is 0 Å². The quantitative estimate of drug-likeness (QED) is 0.221. The van der Waals surface area contributed by atoms with Crippen LogP contribution < -0.4 is 25.4 Å². The fourth-order valence-electron chi connectivity index (χ4n) is 8.60. The molecule has 15 heteroatoms. The lowest BCUT2D eigenvalue weighted by Gasteiger charge is -2.35. The minimum absolute atomic E-state index is 0.0138. The third-order valence-electron chi connectivity index (χ3n) is 10.7. The maximum absolute atomic E-state index is 17.4. The van der Waals surface area contributed by atoms with Gasteiger partial charge >= 0.3 is 6.01 Å². The van der Waals surface area contributed by atoms with Crippen molar-refractivity contribution in [1.82, 2.24) is 20.2 Å². The third-order valence-corrected chi connectivity index (χ3v) is 12.1. The number of nitrogens with one attached hydrogen (secondary N) is 1. The average molecular weight is 740 g/mol. The largest absolute Gasteiger partial charge is 0.491 e. The van der Waals surface area contributed by atoms with Crippen molar-refractivity contribution in [3.63, 3.8) is 0 Å². The molecule has 0 bridgehead atoms. The van der Waals surface area contributed by atoms with E-state index in [1.165, 1.54) is 12.1 Å². The number of nitrogen functional groups attached to an aromatic ring is 1. The van der Waals surface area contributed by atoms with Gasteiger partial charge in [0.25, 0.3) is 0 Å². The number of rotatable bonds is 6. The zero-order chi connectivity index (χ0) is 35.8. The highest BCUT2D eigenvalue weighted by Gasteiger charge is 2.49. The molecule has 8 rings (SSSR count). The maximum atomic E-state index is 17.4. The fraction of sp³-hybridized carbons (Fsp3) is 0.500. The molecule has 0 aliphatic carbocycles. The number of benzene rings is 2. The van der Waals surface area contributed by atoms with Crippen molar-refractivity contribution in [1.29, 1.82) is 5.26 Å². The van der Waals surface area contributed by atoms with E-state index < -0.39 is 23.3 Å². The summed E-state index contributed by atoms with van der Waals surface area (Å²) in [5.41, 5.74) is 5.50. The van der Waals surface area contributed by atoms with Gasteiger partial charge in [-0.25, -0.2) is 13.2 Å². The molecule has 2 aromatic heterocycles. The smallest absolute Gasteiger partial charge is 0.319 e. The Bertz CT molecular complexity index is 2130. The van der Waals surface area contributed by atoms with Gasteiger partial charge < -0.3 is 25.4 Å². The number of carbonyl (C=O) groups is 1. The lowest BCUT2D eigenvalue weighted by atomic mass is 9.95. The topological polar surface area (TPSA) is 130 Å². The highest BCUT2D eigenvalue weighted by Crippen LogP contribution is 2.51. The molecule has 6 heterocycles. The Labute approximate surface area is 301 Å². The van der Waals surface area contributed by atoms with Gasteiger partial charge in [-0.15, -0.1) is 11.3 Å². The molecule has 2 aromatic carbocycles. The van der Waals surface area contributed by atoms with E-state index >= 15 is 8.78 Å². The maximum Gasteiger partial charge on any atom is 0.319 e. The molecule has 1 amide bonds. The van der Waals surface area contributed by atoms with Crippen molar-refractivity contribution in [2.24, 2.45) is 5.92 Å². The first-order valence-electron chi connectivity index (χ1n) is 17.3. The number of fused-ring (bicyclic) bond motifs is 4. The Balaban J connectivity index is 1.36. The summed E-state index contributed by atoms with van der Waals surface area (Å²) >= 11 is 8.01. The Hall–Kier alpha value is -4.06. The second-order valence-electron chi connectivity index (χ2n) is 14.5. The molecule has 3 N–H and O–H groups in total. The van der Waals surface area contributed by atoms with Crippen molar-refractivity contribution < 1.29 is 27.4 Å². The summed E-state index contributed by atoms with van der Waals surface area (Å²) in [4.78, 5) is 26.8. The summed E-state index contributed by atoms with van der Waals surface area (Å²) in [6, 6.07) is 3.93. The van der Waals surface area contributed by atoms with Crippen molar-refractivity contribution in [2.75, 3.05) is 43.5 Å². The minimum Gasteiger partial charge on any atom is -0.491 e. The molecule has 2 unspecified atom stereocenters. The molecule has 0 saturated carbocycles. The van der Waals surface area contributed by atoms with Crippen LogP contribution in [0, 0.1) is 28.9 Å². The summed E-state index contributed by atoms with van der Waals surface area (Å²) in [5.74, 6) is -0.826. The summed E-state index contributed by atoms with van der Waals surface area (Å²) < 4.78 is 59.9. The van der Waals surface area contributed by atoms with Gasteiger partial charge in [-0.05, 0) is 43.4 Å². The van der Waals surface area contributed by atoms with Crippen LogP contribution in [0.5, 0.6) is 11.8 Å². The van der Waals surface area contributed by atoms with Crippen LogP contribution in [0.3, 0.4) is 0 Å². The number of anilines is 2. The number of ether oxygens (including phenoxy) is 2. The molecule has 3 saturated heterocycles. The Morgan fingerprint density at radius 1 is 1.27 bits per heavy atom. The number of carbonyl (C=O) groups excluding carboxylic acids is 1. The van der Waals surface area contributed by atoms with Gasteiger partial charge in [0.15, 0.2) is 11.6 Å². The number of nitrogens with zero attached hydrogens (tertiary/aromatic N) is 5.